The third-order valence-corrected chi connectivity index (χ3v) is 7.34. The van der Waals surface area contributed by atoms with Crippen LogP contribution in [0.2, 0.25) is 0 Å². The number of rotatable bonds is 6. The van der Waals surface area contributed by atoms with Crippen LogP contribution >= 0.6 is 0 Å². The molecule has 0 spiro atoms. The molecule has 1 amide bonds. The van der Waals surface area contributed by atoms with Crippen molar-refractivity contribution in [3.63, 3.8) is 0 Å². The maximum atomic E-state index is 13.6. The molecule has 2 aromatic carbocycles. The molecule has 0 radical (unpaired) electrons. The maximum Gasteiger partial charge on any atom is 0.416 e. The van der Waals surface area contributed by atoms with Crippen molar-refractivity contribution in [2.45, 2.75) is 75.7 Å². The number of amides is 1. The van der Waals surface area contributed by atoms with Crippen molar-refractivity contribution >= 4 is 5.91 Å². The highest BCUT2D eigenvalue weighted by molar-refractivity contribution is 5.84. The van der Waals surface area contributed by atoms with Gasteiger partial charge in [0.1, 0.15) is 18.6 Å². The Morgan fingerprint density at radius 2 is 1.86 bits per heavy atom. The van der Waals surface area contributed by atoms with Gasteiger partial charge in [0, 0.05) is 17.9 Å². The first kappa shape index (κ1) is 25.6. The highest BCUT2D eigenvalue weighted by Gasteiger charge is 2.52. The molecule has 1 heterocycles. The molecule has 0 aromatic heterocycles. The van der Waals surface area contributed by atoms with Crippen molar-refractivity contribution in [3.8, 4) is 0 Å². The number of benzene rings is 2. The van der Waals surface area contributed by atoms with Crippen LogP contribution in [0.15, 0.2) is 42.5 Å². The van der Waals surface area contributed by atoms with Crippen LogP contribution in [0, 0.1) is 11.7 Å². The number of aliphatic hydroxyl groups is 1. The van der Waals surface area contributed by atoms with Crippen LogP contribution in [0.4, 0.5) is 22.0 Å². The first-order valence-corrected chi connectivity index (χ1v) is 11.6. The quantitative estimate of drug-likeness (QED) is 0.512. The van der Waals surface area contributed by atoms with Crippen molar-refractivity contribution in [2.75, 3.05) is 0 Å². The van der Waals surface area contributed by atoms with E-state index < -0.39 is 54.0 Å². The fraction of sp³-hybridized carbons (Fsp3) is 0.500. The Balaban J connectivity index is 1.65. The van der Waals surface area contributed by atoms with Gasteiger partial charge in [0.25, 0.3) is 0 Å². The summed E-state index contributed by atoms with van der Waals surface area (Å²) in [5.74, 6) is -1.33. The summed E-state index contributed by atoms with van der Waals surface area (Å²) in [5.41, 5.74) is -0.761. The number of halogens is 5. The van der Waals surface area contributed by atoms with Crippen molar-refractivity contribution in [1.29, 1.82) is 0 Å². The summed E-state index contributed by atoms with van der Waals surface area (Å²) in [6.45, 7) is 2.44. The van der Waals surface area contributed by atoms with E-state index in [4.69, 9.17) is 4.74 Å². The van der Waals surface area contributed by atoms with Crippen LogP contribution in [-0.2, 0) is 22.4 Å². The Morgan fingerprint density at radius 3 is 2.43 bits per heavy atom. The number of ether oxygens (including phenoxy) is 1. The Hall–Kier alpha value is -2.52. The molecule has 0 unspecified atom stereocenters. The molecule has 9 heteroatoms. The molecule has 1 saturated carbocycles. The van der Waals surface area contributed by atoms with E-state index in [1.54, 1.807) is 19.1 Å². The Bertz CT molecular complexity index is 1070. The minimum Gasteiger partial charge on any atom is -0.383 e. The van der Waals surface area contributed by atoms with Gasteiger partial charge in [-0.15, -0.1) is 0 Å². The van der Waals surface area contributed by atoms with Crippen LogP contribution < -0.4 is 5.32 Å². The summed E-state index contributed by atoms with van der Waals surface area (Å²) in [5, 5.41) is 13.0. The smallest absolute Gasteiger partial charge is 0.383 e. The fourth-order valence-corrected chi connectivity index (χ4v) is 5.65. The van der Waals surface area contributed by atoms with E-state index >= 15 is 0 Å². The molecule has 0 bridgehead atoms. The van der Waals surface area contributed by atoms with E-state index in [9.17, 15) is 31.9 Å². The second-order valence-electron chi connectivity index (χ2n) is 9.80. The molecule has 6 atom stereocenters. The van der Waals surface area contributed by atoms with Gasteiger partial charge >= 0.3 is 6.18 Å². The minimum atomic E-state index is -4.62. The van der Waals surface area contributed by atoms with Gasteiger partial charge in [-0.25, -0.2) is 8.78 Å². The van der Waals surface area contributed by atoms with Crippen LogP contribution in [0.3, 0.4) is 0 Å². The molecule has 2 N–H and O–H groups in total. The van der Waals surface area contributed by atoms with Gasteiger partial charge in [-0.1, -0.05) is 18.2 Å². The molecule has 4 rings (SSSR count). The van der Waals surface area contributed by atoms with Crippen LogP contribution in [-0.4, -0.2) is 28.8 Å². The minimum absolute atomic E-state index is 0.0835. The lowest BCUT2D eigenvalue weighted by molar-refractivity contribution is -0.137. The summed E-state index contributed by atoms with van der Waals surface area (Å²) in [7, 11) is 0. The summed E-state index contributed by atoms with van der Waals surface area (Å²) >= 11 is 0. The van der Waals surface area contributed by atoms with E-state index in [0.717, 1.165) is 17.7 Å². The van der Waals surface area contributed by atoms with E-state index in [1.165, 1.54) is 18.2 Å². The first-order valence-electron chi connectivity index (χ1n) is 11.6. The Kier molecular flexibility index (Phi) is 6.94. The van der Waals surface area contributed by atoms with Gasteiger partial charge in [0.05, 0.1) is 17.8 Å². The van der Waals surface area contributed by atoms with E-state index in [2.05, 4.69) is 5.32 Å². The van der Waals surface area contributed by atoms with Gasteiger partial charge in [-0.2, -0.15) is 13.2 Å². The number of aliphatic hydroxyl groups excluding tert-OH is 1. The third-order valence-electron chi connectivity index (χ3n) is 7.34. The SMILES string of the molecule is C[C@@H](O[C@H]1CC[C@@H]([C@@]2(C)C[C@H](O)C(=O)N2)[C@@H]1c1ccc(F)cc1)c1cc(CF)cc(C(F)(F)F)c1. The summed E-state index contributed by atoms with van der Waals surface area (Å²) in [6, 6.07) is 9.07. The molecule has 2 aromatic rings. The topological polar surface area (TPSA) is 58.6 Å². The normalized spacial score (nSPS) is 29.9. The largest absolute Gasteiger partial charge is 0.416 e. The number of carbonyl (C=O) groups excluding carboxylic acids is 1. The van der Waals surface area contributed by atoms with Crippen molar-refractivity contribution < 1.29 is 36.6 Å². The monoisotopic (exact) mass is 497 g/mol. The van der Waals surface area contributed by atoms with E-state index in [-0.39, 0.29) is 29.4 Å². The second kappa shape index (κ2) is 9.50. The molecule has 35 heavy (non-hydrogen) atoms. The molecular formula is C26H28F5NO3. The lowest BCUT2D eigenvalue weighted by atomic mass is 9.74. The number of alkyl halides is 4. The second-order valence-corrected chi connectivity index (χ2v) is 9.80. The highest BCUT2D eigenvalue weighted by atomic mass is 19.4. The zero-order chi connectivity index (χ0) is 25.5. The molecule has 1 saturated heterocycles. The zero-order valence-corrected chi connectivity index (χ0v) is 19.4. The van der Waals surface area contributed by atoms with E-state index in [1.807, 2.05) is 6.92 Å². The number of hydrogen-bond donors (Lipinski definition) is 2. The Morgan fingerprint density at radius 1 is 1.17 bits per heavy atom. The first-order chi connectivity index (χ1) is 16.4. The van der Waals surface area contributed by atoms with Gasteiger partial charge in [-0.05, 0) is 73.6 Å². The molecular weight excluding hydrogens is 469 g/mol. The molecule has 2 aliphatic rings. The van der Waals surface area contributed by atoms with Crippen LogP contribution in [0.1, 0.15) is 67.4 Å². The average molecular weight is 498 g/mol. The van der Waals surface area contributed by atoms with Crippen molar-refractivity contribution in [2.24, 2.45) is 5.92 Å². The van der Waals surface area contributed by atoms with Gasteiger partial charge in [0.15, 0.2) is 0 Å². The lowest BCUT2D eigenvalue weighted by Crippen LogP contribution is -2.47. The van der Waals surface area contributed by atoms with Crippen LogP contribution in [0.25, 0.3) is 0 Å². The lowest BCUT2D eigenvalue weighted by Gasteiger charge is -2.37. The molecule has 2 fully saturated rings. The number of hydrogen-bond acceptors (Lipinski definition) is 3. The standard InChI is InChI=1S/C26H28F5NO3/c1-14(17-9-15(13-27)10-18(11-17)26(29,30)31)35-22-8-7-20(25(2)12-21(33)24(34)32-25)23(22)16-3-5-19(28)6-4-16/h3-6,9-11,14,20-23,33H,7-8,12-13H2,1-2H3,(H,32,34)/t14-,20-,21+,22+,23+,25-/m1/s1. The molecule has 1 aliphatic heterocycles. The maximum absolute atomic E-state index is 13.6. The highest BCUT2D eigenvalue weighted by Crippen LogP contribution is 2.50. The zero-order valence-electron chi connectivity index (χ0n) is 19.4. The molecule has 4 nitrogen and oxygen atoms in total. The van der Waals surface area contributed by atoms with Crippen molar-refractivity contribution in [1.82, 2.24) is 5.32 Å². The predicted octanol–water partition coefficient (Wildman–Crippen LogP) is 5.59. The van der Waals surface area contributed by atoms with E-state index in [0.29, 0.717) is 12.8 Å². The molecule has 190 valence electrons. The summed E-state index contributed by atoms with van der Waals surface area (Å²) < 4.78 is 73.3. The summed E-state index contributed by atoms with van der Waals surface area (Å²) in [4.78, 5) is 12.1. The third kappa shape index (κ3) is 5.21. The average Bonchev–Trinajstić information content (AvgIpc) is 3.34. The Labute approximate surface area is 200 Å². The molecule has 1 aliphatic carbocycles. The van der Waals surface area contributed by atoms with Gasteiger partial charge in [-0.3, -0.25) is 4.79 Å². The number of nitrogens with one attached hydrogen (secondary N) is 1. The number of carbonyl (C=O) groups is 1. The predicted molar refractivity (Wildman–Crippen MR) is 119 cm³/mol. The summed E-state index contributed by atoms with van der Waals surface area (Å²) in [6.07, 6.45) is -5.58. The van der Waals surface area contributed by atoms with Gasteiger partial charge in [0.2, 0.25) is 5.91 Å². The van der Waals surface area contributed by atoms with Crippen molar-refractivity contribution in [3.05, 3.63) is 70.5 Å². The fourth-order valence-electron chi connectivity index (χ4n) is 5.65. The van der Waals surface area contributed by atoms with Crippen LogP contribution in [0.5, 0.6) is 0 Å². The van der Waals surface area contributed by atoms with Gasteiger partial charge < -0.3 is 15.2 Å².